The van der Waals surface area contributed by atoms with Crippen LogP contribution >= 0.6 is 0 Å². The van der Waals surface area contributed by atoms with Gasteiger partial charge < -0.3 is 15.2 Å². The molecule has 40 heavy (non-hydrogen) atoms. The lowest BCUT2D eigenvalue weighted by molar-refractivity contribution is -0.117. The maximum atomic E-state index is 12.5. The molecule has 0 unspecified atom stereocenters. The van der Waals surface area contributed by atoms with Crippen molar-refractivity contribution in [2.75, 3.05) is 56.7 Å². The summed E-state index contributed by atoms with van der Waals surface area (Å²) in [5.74, 6) is 1.11. The third-order valence-electron chi connectivity index (χ3n) is 7.72. The molecule has 0 bridgehead atoms. The van der Waals surface area contributed by atoms with Crippen molar-refractivity contribution in [3.8, 4) is 22.6 Å². The van der Waals surface area contributed by atoms with E-state index in [1.807, 2.05) is 35.2 Å². The van der Waals surface area contributed by atoms with Crippen LogP contribution in [0.5, 0.6) is 11.5 Å². The van der Waals surface area contributed by atoms with Crippen molar-refractivity contribution in [2.45, 2.75) is 25.8 Å². The first-order chi connectivity index (χ1) is 19.3. The molecule has 2 N–H and O–H groups in total. The van der Waals surface area contributed by atoms with Gasteiger partial charge in [0.25, 0.3) is 0 Å². The summed E-state index contributed by atoms with van der Waals surface area (Å²) in [4.78, 5) is 16.8. The molecule has 0 spiro atoms. The highest BCUT2D eigenvalue weighted by Crippen LogP contribution is 2.32. The van der Waals surface area contributed by atoms with Gasteiger partial charge in [-0.2, -0.15) is 0 Å². The van der Waals surface area contributed by atoms with Crippen LogP contribution in [0.4, 0.5) is 5.69 Å². The number of ether oxygens (including phenoxy) is 1. The van der Waals surface area contributed by atoms with Crippen LogP contribution in [0.2, 0.25) is 0 Å². The van der Waals surface area contributed by atoms with Gasteiger partial charge in [0.2, 0.25) is 5.91 Å². The maximum absolute atomic E-state index is 12.5. The summed E-state index contributed by atoms with van der Waals surface area (Å²) in [5.41, 5.74) is 5.92. The summed E-state index contributed by atoms with van der Waals surface area (Å²) in [5, 5.41) is 13.2. The van der Waals surface area contributed by atoms with Crippen LogP contribution in [-0.4, -0.2) is 80.6 Å². The van der Waals surface area contributed by atoms with E-state index in [0.29, 0.717) is 25.2 Å². The summed E-state index contributed by atoms with van der Waals surface area (Å²) in [7, 11) is -1.26. The molecule has 0 radical (unpaired) electrons. The van der Waals surface area contributed by atoms with E-state index in [0.717, 1.165) is 47.6 Å². The number of likely N-dealkylation sites (tertiary alicyclic amines) is 1. The van der Waals surface area contributed by atoms with Gasteiger partial charge in [0.1, 0.15) is 11.5 Å². The minimum absolute atomic E-state index is 0.0940. The minimum atomic E-state index is -2.98. The number of anilines is 1. The molecular formula is C31H37N3O5S. The number of carbonyl (C=O) groups excluding carboxylic acids is 1. The first kappa shape index (κ1) is 28.1. The van der Waals surface area contributed by atoms with E-state index >= 15 is 0 Å². The number of amides is 1. The number of nitrogens with one attached hydrogen (secondary N) is 1. The van der Waals surface area contributed by atoms with Crippen LogP contribution in [0, 0.1) is 0 Å². The maximum Gasteiger partial charge on any atom is 0.238 e. The number of hydrogen-bond acceptors (Lipinski definition) is 7. The van der Waals surface area contributed by atoms with Gasteiger partial charge in [-0.15, -0.1) is 0 Å². The Kier molecular flexibility index (Phi) is 8.73. The van der Waals surface area contributed by atoms with Gasteiger partial charge in [-0.25, -0.2) is 8.42 Å². The summed E-state index contributed by atoms with van der Waals surface area (Å²) in [6.45, 7) is 4.08. The normalized spacial score (nSPS) is 17.5. The molecule has 1 amide bonds. The summed E-state index contributed by atoms with van der Waals surface area (Å²) in [6.07, 6.45) is 3.19. The van der Waals surface area contributed by atoms with E-state index < -0.39 is 9.84 Å². The third kappa shape index (κ3) is 7.21. The summed E-state index contributed by atoms with van der Waals surface area (Å²) in [6, 6.07) is 19.4. The van der Waals surface area contributed by atoms with Crippen LogP contribution < -0.4 is 10.1 Å². The fourth-order valence-electron chi connectivity index (χ4n) is 5.46. The van der Waals surface area contributed by atoms with Crippen molar-refractivity contribution in [3.63, 3.8) is 0 Å². The largest absolute Gasteiger partial charge is 0.508 e. The van der Waals surface area contributed by atoms with E-state index in [1.54, 1.807) is 19.2 Å². The topological polar surface area (TPSA) is 99.2 Å². The second-order valence-electron chi connectivity index (χ2n) is 10.7. The Morgan fingerprint density at radius 3 is 2.30 bits per heavy atom. The van der Waals surface area contributed by atoms with Crippen molar-refractivity contribution < 1.29 is 23.1 Å². The van der Waals surface area contributed by atoms with Crippen LogP contribution in [-0.2, 0) is 27.6 Å². The first-order valence-corrected chi connectivity index (χ1v) is 15.6. The van der Waals surface area contributed by atoms with Gasteiger partial charge in [0, 0.05) is 30.9 Å². The van der Waals surface area contributed by atoms with Crippen molar-refractivity contribution in [1.82, 2.24) is 9.80 Å². The molecule has 2 fully saturated rings. The highest BCUT2D eigenvalue weighted by Gasteiger charge is 2.23. The van der Waals surface area contributed by atoms with Gasteiger partial charge >= 0.3 is 0 Å². The molecule has 9 heteroatoms. The average molecular weight is 564 g/mol. The van der Waals surface area contributed by atoms with Gasteiger partial charge in [0.15, 0.2) is 9.84 Å². The van der Waals surface area contributed by atoms with E-state index in [-0.39, 0.29) is 29.7 Å². The molecule has 3 aromatic carbocycles. The number of rotatable bonds is 9. The predicted molar refractivity (Wildman–Crippen MR) is 158 cm³/mol. The van der Waals surface area contributed by atoms with Gasteiger partial charge in [0.05, 0.1) is 25.2 Å². The molecule has 3 aromatic rings. The summed E-state index contributed by atoms with van der Waals surface area (Å²) < 4.78 is 29.0. The van der Waals surface area contributed by atoms with E-state index in [4.69, 9.17) is 4.74 Å². The zero-order valence-electron chi connectivity index (χ0n) is 22.9. The number of hydrogen-bond donors (Lipinski definition) is 2. The molecule has 0 saturated carbocycles. The first-order valence-electron chi connectivity index (χ1n) is 13.8. The van der Waals surface area contributed by atoms with Crippen LogP contribution in [0.1, 0.15) is 29.5 Å². The molecule has 0 atom stereocenters. The van der Waals surface area contributed by atoms with E-state index in [9.17, 15) is 18.3 Å². The number of methoxy groups -OCH3 is 1. The number of sulfone groups is 1. The molecule has 0 aromatic heterocycles. The Morgan fingerprint density at radius 1 is 0.900 bits per heavy atom. The number of carbonyl (C=O) groups is 1. The van der Waals surface area contributed by atoms with Crippen LogP contribution in [0.3, 0.4) is 0 Å². The molecule has 212 valence electrons. The SMILES string of the molecule is COc1cc(Cc2ccc(O)cc2-c2ccc(NC(=O)CN3CCS(=O)(=O)CC3)cc2)ccc1CN1CCCC1. The second-order valence-corrected chi connectivity index (χ2v) is 13.0. The Morgan fingerprint density at radius 2 is 1.60 bits per heavy atom. The third-order valence-corrected chi connectivity index (χ3v) is 9.33. The Bertz CT molecular complexity index is 1440. The zero-order valence-corrected chi connectivity index (χ0v) is 23.8. The quantitative estimate of drug-likeness (QED) is 0.407. The van der Waals surface area contributed by atoms with Crippen molar-refractivity contribution in [2.24, 2.45) is 0 Å². The highest BCUT2D eigenvalue weighted by molar-refractivity contribution is 7.91. The molecule has 2 aliphatic rings. The molecule has 0 aliphatic carbocycles. The standard InChI is InChI=1S/C31H37N3O5S/c1-39-30-19-23(4-5-26(30)21-33-12-2-3-13-33)18-25-8-11-28(35)20-29(25)24-6-9-27(10-7-24)32-31(36)22-34-14-16-40(37,38)17-15-34/h4-11,19-20,35H,2-3,12-18,21-22H2,1H3,(H,32,36). The van der Waals surface area contributed by atoms with E-state index in [1.165, 1.54) is 18.4 Å². The van der Waals surface area contributed by atoms with Crippen LogP contribution in [0.25, 0.3) is 11.1 Å². The number of phenols is 1. The average Bonchev–Trinajstić information content (AvgIpc) is 3.45. The van der Waals surface area contributed by atoms with Gasteiger partial charge in [-0.1, -0.05) is 30.3 Å². The van der Waals surface area contributed by atoms with Gasteiger partial charge in [-0.3, -0.25) is 14.6 Å². The molecule has 2 saturated heterocycles. The lowest BCUT2D eigenvalue weighted by Crippen LogP contribution is -2.43. The number of benzene rings is 3. The van der Waals surface area contributed by atoms with Crippen molar-refractivity contribution in [3.05, 3.63) is 77.4 Å². The summed E-state index contributed by atoms with van der Waals surface area (Å²) >= 11 is 0. The predicted octanol–water partition coefficient (Wildman–Crippen LogP) is 3.92. The fraction of sp³-hybridized carbons (Fsp3) is 0.387. The molecule has 2 aliphatic heterocycles. The molecular weight excluding hydrogens is 526 g/mol. The molecule has 5 rings (SSSR count). The van der Waals surface area contributed by atoms with Crippen molar-refractivity contribution >= 4 is 21.4 Å². The number of nitrogens with zero attached hydrogens (tertiary/aromatic N) is 2. The van der Waals surface area contributed by atoms with Gasteiger partial charge in [-0.05, 0) is 84.9 Å². The van der Waals surface area contributed by atoms with Crippen molar-refractivity contribution in [1.29, 1.82) is 0 Å². The Balaban J connectivity index is 1.26. The monoisotopic (exact) mass is 563 g/mol. The zero-order chi connectivity index (χ0) is 28.1. The highest BCUT2D eigenvalue weighted by atomic mass is 32.2. The smallest absolute Gasteiger partial charge is 0.238 e. The minimum Gasteiger partial charge on any atom is -0.508 e. The van der Waals surface area contributed by atoms with E-state index in [2.05, 4.69) is 28.4 Å². The number of phenolic OH excluding ortho intramolecular Hbond substituents is 1. The number of aromatic hydroxyl groups is 1. The molecule has 8 nitrogen and oxygen atoms in total. The van der Waals surface area contributed by atoms with Crippen LogP contribution in [0.15, 0.2) is 60.7 Å². The fourth-order valence-corrected chi connectivity index (χ4v) is 6.74. The second kappa shape index (κ2) is 12.4. The lowest BCUT2D eigenvalue weighted by Gasteiger charge is -2.25. The Hall–Kier alpha value is -3.40. The lowest BCUT2D eigenvalue weighted by atomic mass is 9.94. The Labute approximate surface area is 236 Å². The molecule has 2 heterocycles.